The number of anilines is 1. The number of carboxylic acids is 2. The number of hydrogen-bond acceptors (Lipinski definition) is 3. The fourth-order valence-electron chi connectivity index (χ4n) is 5.11. The van der Waals surface area contributed by atoms with Crippen LogP contribution in [-0.2, 0) is 0 Å². The van der Waals surface area contributed by atoms with Crippen LogP contribution in [0, 0.1) is 0 Å². The minimum absolute atomic E-state index is 0.103. The van der Waals surface area contributed by atoms with E-state index in [1.807, 2.05) is 0 Å². The molecule has 0 spiro atoms. The van der Waals surface area contributed by atoms with Crippen LogP contribution in [-0.4, -0.2) is 66.5 Å². The van der Waals surface area contributed by atoms with Crippen LogP contribution in [0.1, 0.15) is 79.3 Å². The van der Waals surface area contributed by atoms with Gasteiger partial charge in [-0.15, -0.1) is 0 Å². The van der Waals surface area contributed by atoms with Crippen LogP contribution in [0.5, 0.6) is 0 Å². The summed E-state index contributed by atoms with van der Waals surface area (Å²) in [6.07, 6.45) is -9.57. The van der Waals surface area contributed by atoms with Gasteiger partial charge in [0, 0.05) is 60.0 Å². The zero-order valence-corrected chi connectivity index (χ0v) is 21.3. The van der Waals surface area contributed by atoms with Crippen molar-refractivity contribution in [3.63, 3.8) is 0 Å². The van der Waals surface area contributed by atoms with Gasteiger partial charge in [-0.2, -0.15) is 0 Å². The molecule has 38 heavy (non-hydrogen) atoms. The molecule has 3 heterocycles. The molecule has 7 heteroatoms. The molecule has 194 valence electrons. The molecule has 2 saturated heterocycles. The first-order valence-electron chi connectivity index (χ1n) is 19.7. The Morgan fingerprint density at radius 2 is 1.66 bits per heavy atom. The number of carboxylic acid groups (broad SMARTS) is 2. The molecule has 0 saturated carbocycles. The molecule has 2 aromatic rings. The molecular formula is C31H33N2O4Si+. The van der Waals surface area contributed by atoms with Crippen LogP contribution in [0.4, 0.5) is 5.69 Å². The third-order valence-electron chi connectivity index (χ3n) is 6.97. The summed E-state index contributed by atoms with van der Waals surface area (Å²) in [5.41, 5.74) is -0.649. The number of hydrogen-bond donors (Lipinski definition) is 2. The van der Waals surface area contributed by atoms with Gasteiger partial charge in [-0.1, -0.05) is 19.2 Å². The molecule has 3 aliphatic heterocycles. The Balaban J connectivity index is 1.73. The monoisotopic (exact) mass is 541 g/mol. The van der Waals surface area contributed by atoms with Crippen LogP contribution >= 0.6 is 0 Å². The Labute approximate surface area is 246 Å². The Morgan fingerprint density at radius 1 is 0.921 bits per heavy atom. The van der Waals surface area contributed by atoms with Crippen molar-refractivity contribution in [1.82, 2.24) is 0 Å². The molecule has 6 rings (SSSR count). The number of rotatable bonds is 4. The lowest BCUT2D eigenvalue weighted by Gasteiger charge is -2.38. The highest BCUT2D eigenvalue weighted by molar-refractivity contribution is 6.98. The van der Waals surface area contributed by atoms with Gasteiger partial charge in [0.1, 0.15) is 26.6 Å². The van der Waals surface area contributed by atoms with Crippen molar-refractivity contribution in [3.05, 3.63) is 87.6 Å². The molecule has 4 aliphatic rings. The van der Waals surface area contributed by atoms with E-state index in [-0.39, 0.29) is 44.8 Å². The fraction of sp³-hybridized carbons (Fsp3) is 0.323. The Bertz CT molecular complexity index is 2150. The van der Waals surface area contributed by atoms with Crippen LogP contribution in [0.25, 0.3) is 5.57 Å². The summed E-state index contributed by atoms with van der Waals surface area (Å²) >= 11 is 0. The summed E-state index contributed by atoms with van der Waals surface area (Å²) in [4.78, 5) is 25.1. The summed E-state index contributed by atoms with van der Waals surface area (Å²) in [5.74, 6) is -2.84. The number of carbonyl (C=O) groups is 2. The molecule has 0 unspecified atom stereocenters. The summed E-state index contributed by atoms with van der Waals surface area (Å²) in [6.45, 7) is -9.54. The van der Waals surface area contributed by atoms with E-state index in [0.29, 0.717) is 19.9 Å². The van der Waals surface area contributed by atoms with Gasteiger partial charge in [-0.25, -0.2) is 14.2 Å². The normalized spacial score (nSPS) is 36.8. The van der Waals surface area contributed by atoms with Gasteiger partial charge < -0.3 is 15.1 Å². The molecule has 0 amide bonds. The van der Waals surface area contributed by atoms with Gasteiger partial charge >= 0.3 is 11.9 Å². The van der Waals surface area contributed by atoms with E-state index >= 15 is 0 Å². The average Bonchev–Trinajstić information content (AvgIpc) is 3.16. The van der Waals surface area contributed by atoms with Crippen molar-refractivity contribution in [3.8, 4) is 0 Å². The SMILES string of the molecule is [2H]C1([2H])N(c2ccc3c(c2)[Si](C)(C)C2=CC(=[N+]4C([2H])([2H])C([2H])([2H])C([2H])([2H])C4([2H])[2H])C=CC2=C3c2cc(C(=O)O)ccc2C(=O)O)C([2H])([2H])C([2H])([2H])C1([2H])[2H]. The van der Waals surface area contributed by atoms with E-state index in [1.165, 1.54) is 36.4 Å². The molecule has 0 aromatic heterocycles. The number of fused-ring (bicyclic) bond motifs is 2. The quantitative estimate of drug-likeness (QED) is 0.433. The van der Waals surface area contributed by atoms with Crippen molar-refractivity contribution in [2.24, 2.45) is 0 Å². The Morgan fingerprint density at radius 3 is 2.34 bits per heavy atom. The summed E-state index contributed by atoms with van der Waals surface area (Å²) in [6, 6.07) is 7.22. The first kappa shape index (κ1) is 12.4. The highest BCUT2D eigenvalue weighted by atomic mass is 28.3. The minimum atomic E-state index is -3.38. The first-order chi connectivity index (χ1) is 24.3. The second-order valence-corrected chi connectivity index (χ2v) is 13.8. The molecule has 0 bridgehead atoms. The van der Waals surface area contributed by atoms with E-state index in [0.717, 1.165) is 18.2 Å². The molecular weight excluding hydrogens is 492 g/mol. The fourth-order valence-corrected chi connectivity index (χ4v) is 8.18. The van der Waals surface area contributed by atoms with Crippen molar-refractivity contribution < 1.29 is 46.3 Å². The minimum Gasteiger partial charge on any atom is -0.478 e. The summed E-state index contributed by atoms with van der Waals surface area (Å²) < 4.78 is 136. The van der Waals surface area contributed by atoms with E-state index in [4.69, 9.17) is 21.9 Å². The average molecular weight is 542 g/mol. The van der Waals surface area contributed by atoms with Gasteiger partial charge in [0.15, 0.2) is 5.71 Å². The second kappa shape index (κ2) is 9.24. The highest BCUT2D eigenvalue weighted by Gasteiger charge is 2.41. The molecule has 6 nitrogen and oxygen atoms in total. The van der Waals surface area contributed by atoms with Gasteiger partial charge in [0.25, 0.3) is 0 Å². The molecule has 1 aliphatic carbocycles. The van der Waals surface area contributed by atoms with E-state index < -0.39 is 71.5 Å². The van der Waals surface area contributed by atoms with Crippen molar-refractivity contribution >= 4 is 42.2 Å². The zero-order valence-electron chi connectivity index (χ0n) is 36.3. The molecule has 2 fully saturated rings. The van der Waals surface area contributed by atoms with Crippen molar-refractivity contribution in [2.75, 3.05) is 30.9 Å². The molecule has 2 N–H and O–H groups in total. The maximum absolute atomic E-state index is 12.6. The predicted octanol–water partition coefficient (Wildman–Crippen LogP) is 4.70. The summed E-state index contributed by atoms with van der Waals surface area (Å²) in [5, 5.41) is 20.7. The highest BCUT2D eigenvalue weighted by Crippen LogP contribution is 2.43. The molecule has 0 radical (unpaired) electrons. The lowest BCUT2D eigenvalue weighted by atomic mass is 9.86. The smallest absolute Gasteiger partial charge is 0.336 e. The zero-order chi connectivity index (χ0) is 40.9. The molecule has 2 aromatic carbocycles. The van der Waals surface area contributed by atoms with E-state index in [1.54, 1.807) is 13.1 Å². The van der Waals surface area contributed by atoms with Gasteiger partial charge in [-0.05, 0) is 81.8 Å². The topological polar surface area (TPSA) is 80.8 Å². The summed E-state index contributed by atoms with van der Waals surface area (Å²) in [7, 11) is -3.38. The third kappa shape index (κ3) is 3.96. The maximum atomic E-state index is 12.6. The maximum Gasteiger partial charge on any atom is 0.336 e. The van der Waals surface area contributed by atoms with E-state index in [2.05, 4.69) is 0 Å². The first-order valence-corrected chi connectivity index (χ1v) is 14.7. The van der Waals surface area contributed by atoms with Crippen LogP contribution in [0.3, 0.4) is 0 Å². The van der Waals surface area contributed by atoms with Gasteiger partial charge in [-0.3, -0.25) is 0 Å². The molecule has 0 atom stereocenters. The lowest BCUT2D eigenvalue weighted by molar-refractivity contribution is -0.504. The van der Waals surface area contributed by atoms with Crippen molar-refractivity contribution in [2.45, 2.75) is 38.6 Å². The Kier molecular flexibility index (Phi) is 3.02. The lowest BCUT2D eigenvalue weighted by Crippen LogP contribution is -2.50. The second-order valence-electron chi connectivity index (χ2n) is 9.45. The predicted molar refractivity (Wildman–Crippen MR) is 153 cm³/mol. The van der Waals surface area contributed by atoms with Gasteiger partial charge in [0.05, 0.1) is 11.1 Å². The largest absolute Gasteiger partial charge is 0.478 e. The number of allylic oxidation sites excluding steroid dienone is 5. The van der Waals surface area contributed by atoms with Crippen LogP contribution < -0.4 is 10.1 Å². The number of aromatic carboxylic acids is 2. The number of nitrogens with zero attached hydrogens (tertiary/aromatic N) is 2. The third-order valence-corrected chi connectivity index (χ3v) is 10.5. The van der Waals surface area contributed by atoms with Gasteiger partial charge in [0.2, 0.25) is 0 Å². The van der Waals surface area contributed by atoms with E-state index in [9.17, 15) is 19.8 Å². The van der Waals surface area contributed by atoms with Crippen molar-refractivity contribution in [1.29, 1.82) is 0 Å². The van der Waals surface area contributed by atoms with Crippen LogP contribution in [0.2, 0.25) is 13.1 Å². The van der Waals surface area contributed by atoms with Crippen LogP contribution in [0.15, 0.2) is 65.4 Å². The number of benzene rings is 2. The standard InChI is InChI=1S/C31H32N2O4Si/c1-38(2)27-18-21(32-13-3-4-14-32)8-11-24(27)29(26-17-20(30(34)35)7-10-23(26)31(36)37)25-12-9-22(19-28(25)38)33-15-5-6-16-33/h7-12,17-19H,3-6,13-16H2,1-2H3,(H-,34,35,36,37)/p+1/i3D2,4D2,5D2,6D2,13D2,14D2,15D2,16D2. The Hall–Kier alpha value is -3.71.